The highest BCUT2D eigenvalue weighted by molar-refractivity contribution is 5.89. The van der Waals surface area contributed by atoms with Crippen molar-refractivity contribution in [3.05, 3.63) is 58.2 Å². The number of carbonyl (C=O) groups excluding carboxylic acids is 1. The number of rotatable bonds is 3. The zero-order valence-corrected chi connectivity index (χ0v) is 13.2. The Bertz CT molecular complexity index is 703. The van der Waals surface area contributed by atoms with Crippen molar-refractivity contribution < 1.29 is 4.79 Å². The Labute approximate surface area is 127 Å². The van der Waals surface area contributed by atoms with Crippen molar-refractivity contribution in [3.63, 3.8) is 0 Å². The molecule has 3 rings (SSSR count). The quantitative estimate of drug-likeness (QED) is 0.701. The summed E-state index contributed by atoms with van der Waals surface area (Å²) in [6.07, 6.45) is 13.2. The molecule has 2 atom stereocenters. The summed E-state index contributed by atoms with van der Waals surface area (Å²) < 4.78 is 0. The van der Waals surface area contributed by atoms with Crippen LogP contribution in [0.5, 0.6) is 0 Å². The number of carbonyl (C=O) groups is 1. The highest BCUT2D eigenvalue weighted by Gasteiger charge is 2.52. The Morgan fingerprint density at radius 1 is 1.33 bits per heavy atom. The summed E-state index contributed by atoms with van der Waals surface area (Å²) in [7, 11) is 0. The SMILES string of the molecule is CC=Cc1c(C)cc(C=O)c(C)c1C1=CC=CC2CC12C. The van der Waals surface area contributed by atoms with Crippen LogP contribution in [0.15, 0.2) is 30.4 Å². The van der Waals surface area contributed by atoms with Crippen LogP contribution >= 0.6 is 0 Å². The van der Waals surface area contributed by atoms with Gasteiger partial charge in [-0.05, 0) is 67.0 Å². The first kappa shape index (κ1) is 14.1. The van der Waals surface area contributed by atoms with Crippen LogP contribution in [0.2, 0.25) is 0 Å². The van der Waals surface area contributed by atoms with Gasteiger partial charge in [0.25, 0.3) is 0 Å². The lowest BCUT2D eigenvalue weighted by atomic mass is 9.79. The average Bonchev–Trinajstić information content (AvgIpc) is 3.15. The predicted molar refractivity (Wildman–Crippen MR) is 89.3 cm³/mol. The first-order chi connectivity index (χ1) is 10.0. The maximum Gasteiger partial charge on any atom is 0.150 e. The molecule has 0 N–H and O–H groups in total. The maximum atomic E-state index is 11.4. The number of aryl methyl sites for hydroxylation is 1. The highest BCUT2D eigenvalue weighted by Crippen LogP contribution is 2.63. The molecule has 0 spiro atoms. The van der Waals surface area contributed by atoms with Gasteiger partial charge in [0.1, 0.15) is 6.29 Å². The molecule has 1 aromatic carbocycles. The molecule has 1 nitrogen and oxygen atoms in total. The molecule has 0 heterocycles. The minimum atomic E-state index is 0.254. The fraction of sp³-hybridized carbons (Fsp3) is 0.350. The predicted octanol–water partition coefficient (Wildman–Crippen LogP) is 5.13. The van der Waals surface area contributed by atoms with Crippen LogP contribution in [0, 0.1) is 25.2 Å². The van der Waals surface area contributed by atoms with E-state index in [1.807, 2.05) is 13.0 Å². The molecule has 108 valence electrons. The zero-order valence-electron chi connectivity index (χ0n) is 13.2. The van der Waals surface area contributed by atoms with Crippen molar-refractivity contribution in [3.8, 4) is 0 Å². The second-order valence-electron chi connectivity index (χ2n) is 6.51. The van der Waals surface area contributed by atoms with Crippen LogP contribution in [-0.4, -0.2) is 6.29 Å². The zero-order chi connectivity index (χ0) is 15.2. The molecule has 0 saturated heterocycles. The van der Waals surface area contributed by atoms with E-state index in [1.165, 1.54) is 28.7 Å². The van der Waals surface area contributed by atoms with Gasteiger partial charge < -0.3 is 0 Å². The number of hydrogen-bond donors (Lipinski definition) is 0. The molecule has 0 aromatic heterocycles. The molecule has 0 amide bonds. The van der Waals surface area contributed by atoms with Crippen molar-refractivity contribution in [1.29, 1.82) is 0 Å². The molecule has 2 aliphatic rings. The minimum absolute atomic E-state index is 0.254. The largest absolute Gasteiger partial charge is 0.298 e. The first-order valence-corrected chi connectivity index (χ1v) is 7.64. The molecule has 2 aliphatic carbocycles. The number of benzene rings is 1. The van der Waals surface area contributed by atoms with Crippen LogP contribution < -0.4 is 0 Å². The highest BCUT2D eigenvalue weighted by atomic mass is 16.1. The van der Waals surface area contributed by atoms with Crippen LogP contribution in [0.3, 0.4) is 0 Å². The molecular weight excluding hydrogens is 256 g/mol. The van der Waals surface area contributed by atoms with E-state index >= 15 is 0 Å². The normalized spacial score (nSPS) is 26.7. The smallest absolute Gasteiger partial charge is 0.150 e. The third-order valence-corrected chi connectivity index (χ3v) is 5.13. The molecule has 1 heteroatoms. The van der Waals surface area contributed by atoms with E-state index in [4.69, 9.17) is 0 Å². The van der Waals surface area contributed by atoms with Gasteiger partial charge >= 0.3 is 0 Å². The van der Waals surface area contributed by atoms with Gasteiger partial charge in [-0.15, -0.1) is 0 Å². The number of aldehydes is 1. The van der Waals surface area contributed by atoms with Gasteiger partial charge in [-0.2, -0.15) is 0 Å². The summed E-state index contributed by atoms with van der Waals surface area (Å²) in [6, 6.07) is 2.01. The Kier molecular flexibility index (Phi) is 3.24. The second-order valence-corrected chi connectivity index (χ2v) is 6.51. The summed E-state index contributed by atoms with van der Waals surface area (Å²) >= 11 is 0. The number of hydrogen-bond acceptors (Lipinski definition) is 1. The fourth-order valence-electron chi connectivity index (χ4n) is 3.65. The summed E-state index contributed by atoms with van der Waals surface area (Å²) in [6.45, 7) is 8.56. The molecule has 1 fully saturated rings. The van der Waals surface area contributed by atoms with Gasteiger partial charge in [0, 0.05) is 11.0 Å². The molecule has 21 heavy (non-hydrogen) atoms. The monoisotopic (exact) mass is 278 g/mol. The Morgan fingerprint density at radius 3 is 2.76 bits per heavy atom. The lowest BCUT2D eigenvalue weighted by molar-refractivity contribution is 0.112. The van der Waals surface area contributed by atoms with Crippen molar-refractivity contribution in [2.75, 3.05) is 0 Å². The fourth-order valence-corrected chi connectivity index (χ4v) is 3.65. The van der Waals surface area contributed by atoms with E-state index in [9.17, 15) is 4.79 Å². The summed E-state index contributed by atoms with van der Waals surface area (Å²) in [4.78, 5) is 11.4. The lowest BCUT2D eigenvalue weighted by Crippen LogP contribution is -2.09. The van der Waals surface area contributed by atoms with Crippen molar-refractivity contribution in [2.45, 2.75) is 34.1 Å². The maximum absolute atomic E-state index is 11.4. The molecule has 2 unspecified atom stereocenters. The lowest BCUT2D eigenvalue weighted by Gasteiger charge is -2.24. The van der Waals surface area contributed by atoms with Gasteiger partial charge in [-0.1, -0.05) is 37.3 Å². The van der Waals surface area contributed by atoms with Gasteiger partial charge in [0.05, 0.1) is 0 Å². The van der Waals surface area contributed by atoms with Gasteiger partial charge in [0.2, 0.25) is 0 Å². The topological polar surface area (TPSA) is 17.1 Å². The number of allylic oxidation sites excluding steroid dienone is 5. The number of fused-ring (bicyclic) bond motifs is 1. The van der Waals surface area contributed by atoms with E-state index in [2.05, 4.69) is 51.2 Å². The molecule has 1 saturated carbocycles. The van der Waals surface area contributed by atoms with Gasteiger partial charge in [-0.25, -0.2) is 0 Å². The Morgan fingerprint density at radius 2 is 2.10 bits per heavy atom. The molecule has 1 aromatic rings. The summed E-state index contributed by atoms with van der Waals surface area (Å²) in [5, 5.41) is 0. The van der Waals surface area contributed by atoms with E-state index in [-0.39, 0.29) is 5.41 Å². The van der Waals surface area contributed by atoms with E-state index in [1.54, 1.807) is 0 Å². The first-order valence-electron chi connectivity index (χ1n) is 7.64. The standard InChI is InChI=1S/C20H22O/c1-5-7-17-13(2)10-15(12-21)14(3)19(17)18-9-6-8-16-11-20(16,18)4/h5-10,12,16H,11H2,1-4H3. The molecular formula is C20H22O. The third-order valence-electron chi connectivity index (χ3n) is 5.13. The summed E-state index contributed by atoms with van der Waals surface area (Å²) in [5.41, 5.74) is 7.27. The second kappa shape index (κ2) is 4.84. The summed E-state index contributed by atoms with van der Waals surface area (Å²) in [5.74, 6) is 0.663. The third kappa shape index (κ3) is 2.03. The van der Waals surface area contributed by atoms with Crippen LogP contribution in [-0.2, 0) is 0 Å². The van der Waals surface area contributed by atoms with Crippen LogP contribution in [0.25, 0.3) is 11.6 Å². The van der Waals surface area contributed by atoms with Crippen molar-refractivity contribution in [1.82, 2.24) is 0 Å². The van der Waals surface area contributed by atoms with Crippen molar-refractivity contribution in [2.24, 2.45) is 11.3 Å². The van der Waals surface area contributed by atoms with Gasteiger partial charge in [0.15, 0.2) is 0 Å². The van der Waals surface area contributed by atoms with Crippen LogP contribution in [0.1, 0.15) is 52.9 Å². The Balaban J connectivity index is 2.30. The molecule has 0 aliphatic heterocycles. The van der Waals surface area contributed by atoms with E-state index < -0.39 is 0 Å². The average molecular weight is 278 g/mol. The van der Waals surface area contributed by atoms with E-state index in [0.29, 0.717) is 5.92 Å². The van der Waals surface area contributed by atoms with Crippen molar-refractivity contribution >= 4 is 17.9 Å². The Hall–Kier alpha value is -1.89. The molecule has 0 bridgehead atoms. The molecule has 0 radical (unpaired) electrons. The minimum Gasteiger partial charge on any atom is -0.298 e. The van der Waals surface area contributed by atoms with Gasteiger partial charge in [-0.3, -0.25) is 4.79 Å². The van der Waals surface area contributed by atoms with Crippen LogP contribution in [0.4, 0.5) is 0 Å². The van der Waals surface area contributed by atoms with E-state index in [0.717, 1.165) is 17.4 Å².